The zero-order chi connectivity index (χ0) is 19.4. The average molecular weight is 413 g/mol. The van der Waals surface area contributed by atoms with Gasteiger partial charge in [-0.25, -0.2) is 0 Å². The first kappa shape index (κ1) is 20.0. The van der Waals surface area contributed by atoms with Crippen LogP contribution in [-0.2, 0) is 4.74 Å². The van der Waals surface area contributed by atoms with Gasteiger partial charge in [0.05, 0.1) is 22.8 Å². The molecular formula is C17H22Cl2N6O2. The summed E-state index contributed by atoms with van der Waals surface area (Å²) in [5, 5.41) is 22.3. The number of aromatic nitrogens is 3. The molecule has 2 unspecified atom stereocenters. The Balaban J connectivity index is 1.67. The van der Waals surface area contributed by atoms with E-state index in [0.717, 1.165) is 13.0 Å². The molecule has 0 bridgehead atoms. The van der Waals surface area contributed by atoms with E-state index in [9.17, 15) is 5.11 Å². The van der Waals surface area contributed by atoms with Crippen LogP contribution in [-0.4, -0.2) is 65.8 Å². The minimum atomic E-state index is -0.528. The van der Waals surface area contributed by atoms with E-state index in [-0.39, 0.29) is 11.9 Å². The maximum Gasteiger partial charge on any atom is 0.247 e. The Hall–Kier alpha value is -1.71. The molecule has 0 spiro atoms. The summed E-state index contributed by atoms with van der Waals surface area (Å²) in [6.45, 7) is 2.26. The molecule has 2 aromatic rings. The maximum absolute atomic E-state index is 9.74. The molecule has 0 radical (unpaired) electrons. The van der Waals surface area contributed by atoms with Gasteiger partial charge in [-0.3, -0.25) is 0 Å². The molecular weight excluding hydrogens is 391 g/mol. The Morgan fingerprint density at radius 2 is 2.22 bits per heavy atom. The van der Waals surface area contributed by atoms with E-state index < -0.39 is 6.10 Å². The number of anilines is 2. The van der Waals surface area contributed by atoms with Crippen LogP contribution in [0, 0.1) is 0 Å². The average Bonchev–Trinajstić information content (AvgIpc) is 3.12. The molecule has 146 valence electrons. The number of nitrogen functional groups attached to an aromatic ring is 1. The molecule has 2 atom stereocenters. The number of halogens is 2. The smallest absolute Gasteiger partial charge is 0.247 e. The Kier molecular flexibility index (Phi) is 6.67. The van der Waals surface area contributed by atoms with Crippen molar-refractivity contribution in [3.05, 3.63) is 28.2 Å². The van der Waals surface area contributed by atoms with Gasteiger partial charge in [0.1, 0.15) is 5.69 Å². The molecule has 0 aliphatic carbocycles. The zero-order valence-electron chi connectivity index (χ0n) is 14.9. The number of ether oxygens (including phenoxy) is 1. The number of aliphatic hydroxyl groups excluding tert-OH is 1. The number of nitrogens with zero attached hydrogens (tertiary/aromatic N) is 4. The van der Waals surface area contributed by atoms with Crippen molar-refractivity contribution in [3.8, 4) is 11.3 Å². The van der Waals surface area contributed by atoms with Crippen LogP contribution in [0.15, 0.2) is 18.2 Å². The van der Waals surface area contributed by atoms with Gasteiger partial charge in [-0.15, -0.1) is 10.2 Å². The SMILES string of the molecule is COCC(O)CNC1CCN(c2nnc(-c3cccc(Cl)c3Cl)c(N)n2)C1. The van der Waals surface area contributed by atoms with Crippen molar-refractivity contribution >= 4 is 35.0 Å². The van der Waals surface area contributed by atoms with Crippen molar-refractivity contribution < 1.29 is 9.84 Å². The largest absolute Gasteiger partial charge is 0.389 e. The Morgan fingerprint density at radius 3 is 2.96 bits per heavy atom. The second kappa shape index (κ2) is 8.99. The molecule has 1 aromatic carbocycles. The van der Waals surface area contributed by atoms with Gasteiger partial charge in [-0.2, -0.15) is 4.98 Å². The fourth-order valence-corrected chi connectivity index (χ4v) is 3.39. The van der Waals surface area contributed by atoms with Gasteiger partial charge < -0.3 is 25.8 Å². The van der Waals surface area contributed by atoms with Gasteiger partial charge in [0.25, 0.3) is 0 Å². The van der Waals surface area contributed by atoms with Crippen LogP contribution in [0.4, 0.5) is 11.8 Å². The third-order valence-corrected chi connectivity index (χ3v) is 5.20. The molecule has 8 nitrogen and oxygen atoms in total. The fraction of sp³-hybridized carbons (Fsp3) is 0.471. The summed E-state index contributed by atoms with van der Waals surface area (Å²) in [4.78, 5) is 6.40. The number of hydrogen-bond donors (Lipinski definition) is 3. The lowest BCUT2D eigenvalue weighted by Crippen LogP contribution is -2.39. The third kappa shape index (κ3) is 4.77. The van der Waals surface area contributed by atoms with Gasteiger partial charge in [-0.1, -0.05) is 35.3 Å². The monoisotopic (exact) mass is 412 g/mol. The van der Waals surface area contributed by atoms with E-state index in [1.165, 1.54) is 0 Å². The normalized spacial score (nSPS) is 18.1. The lowest BCUT2D eigenvalue weighted by atomic mass is 10.1. The van der Waals surface area contributed by atoms with Gasteiger partial charge >= 0.3 is 0 Å². The van der Waals surface area contributed by atoms with Crippen LogP contribution in [0.1, 0.15) is 6.42 Å². The van der Waals surface area contributed by atoms with Crippen LogP contribution in [0.2, 0.25) is 10.0 Å². The third-order valence-electron chi connectivity index (χ3n) is 4.38. The summed E-state index contributed by atoms with van der Waals surface area (Å²) in [5.41, 5.74) is 7.11. The quantitative estimate of drug-likeness (QED) is 0.628. The number of aliphatic hydroxyl groups is 1. The molecule has 3 rings (SSSR count). The lowest BCUT2D eigenvalue weighted by Gasteiger charge is -2.18. The predicted octanol–water partition coefficient (Wildman–Crippen LogP) is 1.60. The molecule has 0 saturated carbocycles. The molecule has 1 aliphatic rings. The molecule has 1 fully saturated rings. The van der Waals surface area contributed by atoms with Gasteiger partial charge in [0.15, 0.2) is 5.82 Å². The summed E-state index contributed by atoms with van der Waals surface area (Å²) in [6.07, 6.45) is 0.379. The highest BCUT2D eigenvalue weighted by atomic mass is 35.5. The highest BCUT2D eigenvalue weighted by Crippen LogP contribution is 2.34. The Bertz CT molecular complexity index is 794. The molecule has 1 saturated heterocycles. The lowest BCUT2D eigenvalue weighted by molar-refractivity contribution is 0.0631. The van der Waals surface area contributed by atoms with Gasteiger partial charge in [0, 0.05) is 38.3 Å². The summed E-state index contributed by atoms with van der Waals surface area (Å²) < 4.78 is 4.93. The van der Waals surface area contributed by atoms with E-state index in [0.29, 0.717) is 46.9 Å². The number of methoxy groups -OCH3 is 1. The fourth-order valence-electron chi connectivity index (χ4n) is 3.00. The first-order valence-corrected chi connectivity index (χ1v) is 9.35. The number of hydrogen-bond acceptors (Lipinski definition) is 8. The Labute approximate surface area is 167 Å². The maximum atomic E-state index is 9.74. The molecule has 0 amide bonds. The number of nitrogens with one attached hydrogen (secondary N) is 1. The van der Waals surface area contributed by atoms with E-state index in [1.807, 2.05) is 4.90 Å². The van der Waals surface area contributed by atoms with Gasteiger partial charge in [0.2, 0.25) is 5.95 Å². The highest BCUT2D eigenvalue weighted by Gasteiger charge is 2.26. The number of benzene rings is 1. The number of rotatable bonds is 7. The zero-order valence-corrected chi connectivity index (χ0v) is 16.4. The summed E-state index contributed by atoms with van der Waals surface area (Å²) in [7, 11) is 1.56. The van der Waals surface area contributed by atoms with Gasteiger partial charge in [-0.05, 0) is 12.5 Å². The van der Waals surface area contributed by atoms with E-state index in [1.54, 1.807) is 25.3 Å². The van der Waals surface area contributed by atoms with Crippen LogP contribution in [0.5, 0.6) is 0 Å². The number of nitrogens with two attached hydrogens (primary N) is 1. The van der Waals surface area contributed by atoms with Crippen molar-refractivity contribution in [2.24, 2.45) is 0 Å². The summed E-state index contributed by atoms with van der Waals surface area (Å²) in [5.74, 6) is 0.715. The second-order valence-corrected chi connectivity index (χ2v) is 7.18. The van der Waals surface area contributed by atoms with Crippen molar-refractivity contribution in [3.63, 3.8) is 0 Å². The van der Waals surface area contributed by atoms with Crippen molar-refractivity contribution in [1.29, 1.82) is 0 Å². The minimum Gasteiger partial charge on any atom is -0.389 e. The summed E-state index contributed by atoms with van der Waals surface area (Å²) >= 11 is 12.3. The first-order chi connectivity index (χ1) is 13.0. The summed E-state index contributed by atoms with van der Waals surface area (Å²) in [6, 6.07) is 5.47. The van der Waals surface area contributed by atoms with Crippen LogP contribution in [0.25, 0.3) is 11.3 Å². The molecule has 10 heteroatoms. The van der Waals surface area contributed by atoms with Crippen LogP contribution >= 0.6 is 23.2 Å². The van der Waals surface area contributed by atoms with E-state index >= 15 is 0 Å². The minimum absolute atomic E-state index is 0.225. The Morgan fingerprint density at radius 1 is 1.41 bits per heavy atom. The molecule has 2 heterocycles. The van der Waals surface area contributed by atoms with E-state index in [4.69, 9.17) is 33.7 Å². The molecule has 27 heavy (non-hydrogen) atoms. The second-order valence-electron chi connectivity index (χ2n) is 6.40. The van der Waals surface area contributed by atoms with Crippen molar-refractivity contribution in [2.75, 3.05) is 44.0 Å². The van der Waals surface area contributed by atoms with E-state index in [2.05, 4.69) is 20.5 Å². The molecule has 1 aromatic heterocycles. The van der Waals surface area contributed by atoms with Crippen LogP contribution < -0.4 is 16.0 Å². The molecule has 1 aliphatic heterocycles. The topological polar surface area (TPSA) is 109 Å². The van der Waals surface area contributed by atoms with Crippen molar-refractivity contribution in [2.45, 2.75) is 18.6 Å². The predicted molar refractivity (Wildman–Crippen MR) is 106 cm³/mol. The highest BCUT2D eigenvalue weighted by molar-refractivity contribution is 6.43. The first-order valence-electron chi connectivity index (χ1n) is 8.59. The molecule has 4 N–H and O–H groups in total. The van der Waals surface area contributed by atoms with Crippen LogP contribution in [0.3, 0.4) is 0 Å². The van der Waals surface area contributed by atoms with Crippen molar-refractivity contribution in [1.82, 2.24) is 20.5 Å². The standard InChI is InChI=1S/C17H22Cl2N6O2/c1-27-9-11(26)7-21-10-5-6-25(8-10)17-22-16(20)15(23-24-17)12-3-2-4-13(18)14(12)19/h2-4,10-11,21,26H,5-9H2,1H3,(H2,20,22,24).